The molecule has 0 saturated carbocycles. The minimum absolute atomic E-state index is 0.0926. The Morgan fingerprint density at radius 3 is 2.75 bits per heavy atom. The number of carbonyl (C=O) groups is 1. The van der Waals surface area contributed by atoms with Crippen molar-refractivity contribution >= 4 is 27.7 Å². The smallest absolute Gasteiger partial charge is 0.291 e. The first-order chi connectivity index (χ1) is 15.5. The molecule has 0 saturated heterocycles. The molecule has 166 valence electrons. The number of aromatic nitrogens is 3. The number of nitrogens with zero attached hydrogens (tertiary/aromatic N) is 3. The molecule has 4 rings (SSSR count). The molecule has 0 bridgehead atoms. The zero-order valence-electron chi connectivity index (χ0n) is 18.6. The van der Waals surface area contributed by atoms with E-state index in [1.54, 1.807) is 6.20 Å². The molecule has 32 heavy (non-hydrogen) atoms. The van der Waals surface area contributed by atoms with Crippen molar-refractivity contribution in [2.75, 3.05) is 19.6 Å². The van der Waals surface area contributed by atoms with Gasteiger partial charge in [-0.3, -0.25) is 14.5 Å². The molecule has 7 heteroatoms. The Balaban J connectivity index is 1.32. The van der Waals surface area contributed by atoms with Gasteiger partial charge in [0.15, 0.2) is 0 Å². The number of aromatic amines is 1. The second-order valence-corrected chi connectivity index (χ2v) is 8.13. The van der Waals surface area contributed by atoms with Gasteiger partial charge < -0.3 is 10.3 Å². The fourth-order valence-corrected chi connectivity index (χ4v) is 3.96. The third kappa shape index (κ3) is 4.89. The third-order valence-corrected chi connectivity index (χ3v) is 5.73. The highest BCUT2D eigenvalue weighted by molar-refractivity contribution is 6.06. The van der Waals surface area contributed by atoms with Crippen LogP contribution in [0.25, 0.3) is 21.8 Å². The van der Waals surface area contributed by atoms with E-state index in [9.17, 15) is 9.59 Å². The number of hydrogen-bond acceptors (Lipinski definition) is 4. The number of benzene rings is 2. The van der Waals surface area contributed by atoms with Crippen molar-refractivity contribution in [3.8, 4) is 0 Å². The lowest BCUT2D eigenvalue weighted by Crippen LogP contribution is -2.35. The van der Waals surface area contributed by atoms with Gasteiger partial charge in [0.05, 0.1) is 6.20 Å². The van der Waals surface area contributed by atoms with Gasteiger partial charge in [-0.2, -0.15) is 5.10 Å². The van der Waals surface area contributed by atoms with Crippen LogP contribution >= 0.6 is 0 Å². The summed E-state index contributed by atoms with van der Waals surface area (Å²) in [6.07, 6.45) is 2.50. The number of aryl methyl sites for hydroxylation is 1. The fourth-order valence-electron chi connectivity index (χ4n) is 3.96. The van der Waals surface area contributed by atoms with Gasteiger partial charge in [0.25, 0.3) is 5.56 Å². The van der Waals surface area contributed by atoms with Crippen LogP contribution in [0.1, 0.15) is 24.5 Å². The van der Waals surface area contributed by atoms with Crippen molar-refractivity contribution < 1.29 is 4.79 Å². The molecule has 0 aliphatic heterocycles. The van der Waals surface area contributed by atoms with Crippen molar-refractivity contribution in [3.05, 3.63) is 76.2 Å². The van der Waals surface area contributed by atoms with Crippen LogP contribution in [0.15, 0.2) is 59.5 Å². The topological polar surface area (TPSA) is 83.0 Å². The van der Waals surface area contributed by atoms with E-state index in [1.807, 2.05) is 43.3 Å². The summed E-state index contributed by atoms with van der Waals surface area (Å²) in [5, 5.41) is 8.89. The molecule has 0 atom stereocenters. The zero-order chi connectivity index (χ0) is 22.5. The van der Waals surface area contributed by atoms with E-state index in [1.165, 1.54) is 10.2 Å². The number of nitrogens with one attached hydrogen (secondary N) is 2. The standard InChI is InChI=1S/C25H29N5O2/c1-3-29(16-19-8-5-4-6-9-19)13-7-12-26-23(31)17-30-25(32)24-21(15-27-30)20-14-18(2)10-11-22(20)28-24/h4-6,8-11,14-15,28H,3,7,12-13,16-17H2,1-2H3,(H,26,31). The maximum Gasteiger partial charge on any atom is 0.291 e. The molecule has 1 amide bonds. The largest absolute Gasteiger partial charge is 0.354 e. The Morgan fingerprint density at radius 1 is 1.16 bits per heavy atom. The van der Waals surface area contributed by atoms with Crippen LogP contribution in [0.5, 0.6) is 0 Å². The quantitative estimate of drug-likeness (QED) is 0.399. The van der Waals surface area contributed by atoms with Crippen molar-refractivity contribution in [1.82, 2.24) is 25.0 Å². The molecule has 0 aliphatic rings. The molecular formula is C25H29N5O2. The minimum Gasteiger partial charge on any atom is -0.354 e. The molecule has 0 unspecified atom stereocenters. The summed E-state index contributed by atoms with van der Waals surface area (Å²) in [4.78, 5) is 30.7. The minimum atomic E-state index is -0.286. The Bertz CT molecular complexity index is 1280. The second-order valence-electron chi connectivity index (χ2n) is 8.13. The molecule has 0 spiro atoms. The lowest BCUT2D eigenvalue weighted by atomic mass is 10.1. The average Bonchev–Trinajstić information content (AvgIpc) is 3.17. The van der Waals surface area contributed by atoms with Gasteiger partial charge in [-0.15, -0.1) is 0 Å². The first-order valence-corrected chi connectivity index (χ1v) is 11.1. The third-order valence-electron chi connectivity index (χ3n) is 5.73. The average molecular weight is 432 g/mol. The van der Waals surface area contributed by atoms with Gasteiger partial charge in [0.1, 0.15) is 12.1 Å². The van der Waals surface area contributed by atoms with E-state index in [0.29, 0.717) is 12.1 Å². The van der Waals surface area contributed by atoms with Gasteiger partial charge in [-0.05, 0) is 37.6 Å². The van der Waals surface area contributed by atoms with E-state index in [-0.39, 0.29) is 18.0 Å². The molecule has 0 radical (unpaired) electrons. The van der Waals surface area contributed by atoms with Crippen molar-refractivity contribution in [2.24, 2.45) is 0 Å². The van der Waals surface area contributed by atoms with Crippen LogP contribution in [0.3, 0.4) is 0 Å². The fraction of sp³-hybridized carbons (Fsp3) is 0.320. The van der Waals surface area contributed by atoms with Gasteiger partial charge in [0, 0.05) is 35.9 Å². The van der Waals surface area contributed by atoms with E-state index < -0.39 is 0 Å². The lowest BCUT2D eigenvalue weighted by Gasteiger charge is -2.20. The summed E-state index contributed by atoms with van der Waals surface area (Å²) >= 11 is 0. The molecule has 7 nitrogen and oxygen atoms in total. The Kier molecular flexibility index (Phi) is 6.66. The van der Waals surface area contributed by atoms with Crippen LogP contribution in [0.2, 0.25) is 0 Å². The first-order valence-electron chi connectivity index (χ1n) is 11.1. The van der Waals surface area contributed by atoms with E-state index in [2.05, 4.69) is 39.4 Å². The lowest BCUT2D eigenvalue weighted by molar-refractivity contribution is -0.121. The highest BCUT2D eigenvalue weighted by atomic mass is 16.2. The predicted molar refractivity (Wildman–Crippen MR) is 128 cm³/mol. The molecule has 0 aliphatic carbocycles. The Morgan fingerprint density at radius 2 is 1.97 bits per heavy atom. The van der Waals surface area contributed by atoms with Crippen LogP contribution in [-0.2, 0) is 17.9 Å². The first kappa shape index (κ1) is 21.8. The van der Waals surface area contributed by atoms with Crippen molar-refractivity contribution in [2.45, 2.75) is 33.4 Å². The summed E-state index contributed by atoms with van der Waals surface area (Å²) in [6, 6.07) is 16.4. The maximum absolute atomic E-state index is 12.8. The SMILES string of the molecule is CCN(CCCNC(=O)Cn1ncc2c([nH]c3ccc(C)cc32)c1=O)Cc1ccccc1. The van der Waals surface area contributed by atoms with E-state index in [0.717, 1.165) is 47.9 Å². The van der Waals surface area contributed by atoms with Crippen LogP contribution in [-0.4, -0.2) is 45.2 Å². The summed E-state index contributed by atoms with van der Waals surface area (Å²) < 4.78 is 1.22. The number of hydrogen-bond donors (Lipinski definition) is 2. The second kappa shape index (κ2) is 9.78. The molecular weight excluding hydrogens is 402 g/mol. The van der Waals surface area contributed by atoms with E-state index in [4.69, 9.17) is 0 Å². The van der Waals surface area contributed by atoms with Gasteiger partial charge in [-0.25, -0.2) is 4.68 Å². The summed E-state index contributed by atoms with van der Waals surface area (Å²) in [7, 11) is 0. The normalized spacial score (nSPS) is 11.5. The molecule has 0 fully saturated rings. The number of fused-ring (bicyclic) bond motifs is 3. The molecule has 4 aromatic rings. The van der Waals surface area contributed by atoms with Crippen LogP contribution in [0, 0.1) is 6.92 Å². The number of amides is 1. The summed E-state index contributed by atoms with van der Waals surface area (Å²) in [5.41, 5.74) is 3.49. The Hall–Kier alpha value is -3.45. The molecule has 2 heterocycles. The summed E-state index contributed by atoms with van der Waals surface area (Å²) in [6.45, 7) is 7.36. The maximum atomic E-state index is 12.8. The molecule has 2 N–H and O–H groups in total. The van der Waals surface area contributed by atoms with Gasteiger partial charge in [-0.1, -0.05) is 48.9 Å². The molecule has 2 aromatic heterocycles. The van der Waals surface area contributed by atoms with Crippen LogP contribution < -0.4 is 10.9 Å². The number of rotatable bonds is 9. The monoisotopic (exact) mass is 431 g/mol. The highest BCUT2D eigenvalue weighted by Gasteiger charge is 2.13. The number of carbonyl (C=O) groups excluding carboxylic acids is 1. The van der Waals surface area contributed by atoms with Crippen molar-refractivity contribution in [3.63, 3.8) is 0 Å². The summed E-state index contributed by atoms with van der Waals surface area (Å²) in [5.74, 6) is -0.211. The number of H-pyrrole nitrogens is 1. The van der Waals surface area contributed by atoms with Gasteiger partial charge in [0.2, 0.25) is 5.91 Å². The zero-order valence-corrected chi connectivity index (χ0v) is 18.6. The predicted octanol–water partition coefficient (Wildman–Crippen LogP) is 3.21. The van der Waals surface area contributed by atoms with E-state index >= 15 is 0 Å². The Labute approximate surface area is 187 Å². The van der Waals surface area contributed by atoms with Gasteiger partial charge >= 0.3 is 0 Å². The van der Waals surface area contributed by atoms with Crippen LogP contribution in [0.4, 0.5) is 0 Å². The van der Waals surface area contributed by atoms with Crippen molar-refractivity contribution in [1.29, 1.82) is 0 Å². The molecule has 2 aromatic carbocycles. The highest BCUT2D eigenvalue weighted by Crippen LogP contribution is 2.23.